The fourth-order valence-electron chi connectivity index (χ4n) is 3.74. The third-order valence-corrected chi connectivity index (χ3v) is 5.78. The van der Waals surface area contributed by atoms with Crippen LogP contribution in [0.3, 0.4) is 0 Å². The summed E-state index contributed by atoms with van der Waals surface area (Å²) in [5.41, 5.74) is 10.9. The van der Waals surface area contributed by atoms with Gasteiger partial charge < -0.3 is 21.8 Å². The van der Waals surface area contributed by atoms with Gasteiger partial charge in [0.25, 0.3) is 5.91 Å². The van der Waals surface area contributed by atoms with Crippen LogP contribution in [0.1, 0.15) is 53.1 Å². The summed E-state index contributed by atoms with van der Waals surface area (Å²) in [5.74, 6) is 1.57. The zero-order valence-corrected chi connectivity index (χ0v) is 17.4. The monoisotopic (exact) mass is 415 g/mol. The molecule has 0 spiro atoms. The van der Waals surface area contributed by atoms with Crippen molar-refractivity contribution >= 4 is 29.4 Å². The van der Waals surface area contributed by atoms with Crippen molar-refractivity contribution in [3.05, 3.63) is 53.1 Å². The van der Waals surface area contributed by atoms with E-state index in [2.05, 4.69) is 20.7 Å². The summed E-state index contributed by atoms with van der Waals surface area (Å²) in [6, 6.07) is 11.4. The number of carbonyl (C=O) groups excluding carboxylic acids is 1. The first-order valence-electron chi connectivity index (χ1n) is 10.6. The van der Waals surface area contributed by atoms with Gasteiger partial charge in [-0.3, -0.25) is 4.79 Å². The first-order chi connectivity index (χ1) is 15.0. The average Bonchev–Trinajstić information content (AvgIpc) is 3.69. The van der Waals surface area contributed by atoms with Gasteiger partial charge in [0.1, 0.15) is 0 Å². The maximum absolute atomic E-state index is 12.2. The molecular weight excluding hydrogens is 390 g/mol. The van der Waals surface area contributed by atoms with Crippen molar-refractivity contribution in [3.8, 4) is 11.4 Å². The second kappa shape index (κ2) is 7.54. The lowest BCUT2D eigenvalue weighted by atomic mass is 10.00. The van der Waals surface area contributed by atoms with Gasteiger partial charge in [-0.05, 0) is 61.4 Å². The van der Waals surface area contributed by atoms with Crippen LogP contribution in [0.15, 0.2) is 36.4 Å². The first kappa shape index (κ1) is 19.3. The molecule has 8 heteroatoms. The third-order valence-electron chi connectivity index (χ3n) is 5.78. The molecule has 0 bridgehead atoms. The van der Waals surface area contributed by atoms with Gasteiger partial charge in [-0.1, -0.05) is 12.1 Å². The molecule has 0 saturated heterocycles. The van der Waals surface area contributed by atoms with E-state index in [1.807, 2.05) is 31.3 Å². The van der Waals surface area contributed by atoms with Gasteiger partial charge >= 0.3 is 0 Å². The number of aryl methyl sites for hydroxylation is 1. The Morgan fingerprint density at radius 2 is 1.90 bits per heavy atom. The molecule has 2 aromatic carbocycles. The van der Waals surface area contributed by atoms with E-state index in [1.54, 1.807) is 16.8 Å². The van der Waals surface area contributed by atoms with Gasteiger partial charge in [-0.2, -0.15) is 4.98 Å². The molecular formula is C23H25N7O. The minimum atomic E-state index is -0.0386. The van der Waals surface area contributed by atoms with Crippen molar-refractivity contribution in [1.82, 2.24) is 20.1 Å². The van der Waals surface area contributed by atoms with Crippen LogP contribution in [0.4, 0.5) is 17.3 Å². The molecule has 1 heterocycles. The highest BCUT2D eigenvalue weighted by Crippen LogP contribution is 2.46. The van der Waals surface area contributed by atoms with Crippen molar-refractivity contribution < 1.29 is 4.79 Å². The van der Waals surface area contributed by atoms with Crippen molar-refractivity contribution in [3.63, 3.8) is 0 Å². The van der Waals surface area contributed by atoms with E-state index in [4.69, 9.17) is 11.1 Å². The van der Waals surface area contributed by atoms with E-state index >= 15 is 0 Å². The van der Waals surface area contributed by atoms with E-state index in [0.717, 1.165) is 48.1 Å². The molecule has 2 fully saturated rings. The molecule has 2 aliphatic rings. The zero-order valence-electron chi connectivity index (χ0n) is 17.4. The highest BCUT2D eigenvalue weighted by molar-refractivity contribution is 5.95. The Bertz CT molecular complexity index is 1160. The van der Waals surface area contributed by atoms with Crippen molar-refractivity contribution in [2.75, 3.05) is 11.1 Å². The van der Waals surface area contributed by atoms with Crippen LogP contribution in [0.2, 0.25) is 0 Å². The Morgan fingerprint density at radius 1 is 1.16 bits per heavy atom. The standard InChI is InChI=1S/C23H25N7O/c1-30-23(27-19-11-10-18(25)17(12-24)20(19)13-2-3-13)28-21(29-30)14-4-6-15(7-5-14)22(31)26-16-8-9-16/h4-7,10-13,16,24H,2-3,8-9,25H2,1H3,(H,26,31)(H,27,28,29). The summed E-state index contributed by atoms with van der Waals surface area (Å²) in [5, 5.41) is 18.7. The summed E-state index contributed by atoms with van der Waals surface area (Å²) in [7, 11) is 1.84. The van der Waals surface area contributed by atoms with Crippen molar-refractivity contribution in [2.45, 2.75) is 37.6 Å². The predicted octanol–water partition coefficient (Wildman–Crippen LogP) is 3.58. The van der Waals surface area contributed by atoms with Crippen LogP contribution in [0.5, 0.6) is 0 Å². The lowest BCUT2D eigenvalue weighted by Crippen LogP contribution is -2.25. The predicted molar refractivity (Wildman–Crippen MR) is 121 cm³/mol. The number of rotatable bonds is 7. The molecule has 5 N–H and O–H groups in total. The second-order valence-electron chi connectivity index (χ2n) is 8.28. The van der Waals surface area contributed by atoms with Crippen LogP contribution in [-0.2, 0) is 7.05 Å². The smallest absolute Gasteiger partial charge is 0.251 e. The number of anilines is 3. The van der Waals surface area contributed by atoms with Gasteiger partial charge in [0, 0.05) is 47.4 Å². The summed E-state index contributed by atoms with van der Waals surface area (Å²) in [6.45, 7) is 0. The van der Waals surface area contributed by atoms with E-state index in [-0.39, 0.29) is 5.91 Å². The Hall–Kier alpha value is -3.68. The molecule has 8 nitrogen and oxygen atoms in total. The number of hydrogen-bond donors (Lipinski definition) is 4. The number of carbonyl (C=O) groups is 1. The molecule has 0 radical (unpaired) electrons. The van der Waals surface area contributed by atoms with Crippen LogP contribution < -0.4 is 16.4 Å². The molecule has 0 unspecified atom stereocenters. The van der Waals surface area contributed by atoms with E-state index in [1.165, 1.54) is 6.21 Å². The fourth-order valence-corrected chi connectivity index (χ4v) is 3.74. The molecule has 31 heavy (non-hydrogen) atoms. The molecule has 1 amide bonds. The lowest BCUT2D eigenvalue weighted by Gasteiger charge is -2.15. The molecule has 2 aliphatic carbocycles. The molecule has 1 aromatic heterocycles. The quantitative estimate of drug-likeness (QED) is 0.347. The van der Waals surface area contributed by atoms with Crippen LogP contribution >= 0.6 is 0 Å². The molecule has 5 rings (SSSR count). The summed E-state index contributed by atoms with van der Waals surface area (Å²) >= 11 is 0. The second-order valence-corrected chi connectivity index (χ2v) is 8.28. The van der Waals surface area contributed by atoms with Gasteiger partial charge in [0.15, 0.2) is 5.82 Å². The summed E-state index contributed by atoms with van der Waals surface area (Å²) in [4.78, 5) is 16.9. The normalized spacial score (nSPS) is 15.5. The fraction of sp³-hybridized carbons (Fsp3) is 0.304. The maximum Gasteiger partial charge on any atom is 0.251 e. The van der Waals surface area contributed by atoms with Crippen molar-refractivity contribution in [1.29, 1.82) is 5.41 Å². The largest absolute Gasteiger partial charge is 0.398 e. The topological polar surface area (TPSA) is 122 Å². The Kier molecular flexibility index (Phi) is 4.69. The number of nitrogens with two attached hydrogens (primary N) is 1. The summed E-state index contributed by atoms with van der Waals surface area (Å²) in [6.07, 6.45) is 5.66. The number of nitrogens with zero attached hydrogens (tertiary/aromatic N) is 3. The van der Waals surface area contributed by atoms with Crippen molar-refractivity contribution in [2.24, 2.45) is 7.05 Å². The zero-order chi connectivity index (χ0) is 21.5. The minimum Gasteiger partial charge on any atom is -0.398 e. The number of amides is 1. The van der Waals surface area contributed by atoms with Gasteiger partial charge in [0.05, 0.1) is 0 Å². The summed E-state index contributed by atoms with van der Waals surface area (Å²) < 4.78 is 1.69. The van der Waals surface area contributed by atoms with Crippen LogP contribution in [0.25, 0.3) is 11.4 Å². The molecule has 0 aliphatic heterocycles. The number of nitrogen functional groups attached to an aromatic ring is 1. The number of hydrogen-bond acceptors (Lipinski definition) is 6. The molecule has 0 atom stereocenters. The van der Waals surface area contributed by atoms with Gasteiger partial charge in [0.2, 0.25) is 5.95 Å². The number of nitrogens with one attached hydrogen (secondary N) is 3. The Morgan fingerprint density at radius 3 is 2.55 bits per heavy atom. The van der Waals surface area contributed by atoms with E-state index in [0.29, 0.717) is 35.0 Å². The Balaban J connectivity index is 1.39. The van der Waals surface area contributed by atoms with Gasteiger partial charge in [-0.25, -0.2) is 4.68 Å². The van der Waals surface area contributed by atoms with Crippen LogP contribution in [-0.4, -0.2) is 32.9 Å². The first-order valence-corrected chi connectivity index (χ1v) is 10.6. The maximum atomic E-state index is 12.2. The minimum absolute atomic E-state index is 0.0386. The Labute approximate surface area is 180 Å². The number of benzene rings is 2. The van der Waals surface area contributed by atoms with E-state index in [9.17, 15) is 4.79 Å². The number of aromatic nitrogens is 3. The SMILES string of the molecule is Cn1nc(-c2ccc(C(=O)NC3CC3)cc2)nc1Nc1ccc(N)c(C=N)c1C1CC1. The highest BCUT2D eigenvalue weighted by atomic mass is 16.1. The molecule has 3 aromatic rings. The third kappa shape index (κ3) is 3.88. The molecule has 158 valence electrons. The van der Waals surface area contributed by atoms with Crippen LogP contribution in [0, 0.1) is 5.41 Å². The van der Waals surface area contributed by atoms with E-state index < -0.39 is 0 Å². The average molecular weight is 416 g/mol. The molecule has 2 saturated carbocycles. The highest BCUT2D eigenvalue weighted by Gasteiger charge is 2.30. The van der Waals surface area contributed by atoms with Gasteiger partial charge in [-0.15, -0.1) is 5.10 Å². The lowest BCUT2D eigenvalue weighted by molar-refractivity contribution is 0.0951.